The summed E-state index contributed by atoms with van der Waals surface area (Å²) >= 11 is 0. The summed E-state index contributed by atoms with van der Waals surface area (Å²) in [5.41, 5.74) is 5.42. The number of nitrogens with zero attached hydrogens (tertiary/aromatic N) is 2. The van der Waals surface area contributed by atoms with E-state index in [0.717, 1.165) is 25.8 Å². The maximum atomic E-state index is 12.3. The largest absolute Gasteiger partial charge is 0.409 e. The van der Waals surface area contributed by atoms with E-state index >= 15 is 0 Å². The third-order valence-corrected chi connectivity index (χ3v) is 4.38. The highest BCUT2D eigenvalue weighted by atomic mass is 19.4. The number of ether oxygens (including phenoxy) is 1. The zero-order chi connectivity index (χ0) is 25.6. The molecule has 1 saturated heterocycles. The Morgan fingerprint density at radius 2 is 2.18 bits per heavy atom. The Balaban J connectivity index is 0.000000393. The van der Waals surface area contributed by atoms with Crippen LogP contribution in [0.1, 0.15) is 13.8 Å². The number of amides is 1. The number of primary amides is 1. The predicted molar refractivity (Wildman–Crippen MR) is 128 cm³/mol. The monoisotopic (exact) mass is 482 g/mol. The van der Waals surface area contributed by atoms with Crippen molar-refractivity contribution >= 4 is 11.7 Å². The number of carbonyl (C=O) groups is 1. The number of allylic oxidation sites excluding steroid dienone is 5. The van der Waals surface area contributed by atoms with Crippen molar-refractivity contribution in [3.63, 3.8) is 0 Å². The standard InChI is InChI=1S/C13H14F3N5O.C5H11NO.C5H8/c1-21-7-4-8(2-5-13(14,15)16)10(11(17)22)12(21)19-9-3-6-18-20-9;1-5-4-7-3-2-6-5;1-3-5-4-2/h2-6H,7H2,1H3,(H2,17,22)(H2,18,19,20);5-6H,2-4H2,1H3;3-5H,1H2,2H3/b5-2-;;5-4-. The van der Waals surface area contributed by atoms with Crippen LogP contribution >= 0.6 is 0 Å². The maximum absolute atomic E-state index is 12.3. The molecule has 0 saturated carbocycles. The van der Waals surface area contributed by atoms with Gasteiger partial charge in [-0.05, 0) is 25.5 Å². The number of carbonyl (C=O) groups excluding carboxylic acids is 1. The van der Waals surface area contributed by atoms with Crippen LogP contribution in [0.15, 0.2) is 72.3 Å². The molecule has 1 atom stereocenters. The highest BCUT2D eigenvalue weighted by molar-refractivity contribution is 5.99. The lowest BCUT2D eigenvalue weighted by Crippen LogP contribution is -2.38. The molecule has 1 amide bonds. The van der Waals surface area contributed by atoms with Gasteiger partial charge in [0.05, 0.1) is 25.0 Å². The van der Waals surface area contributed by atoms with E-state index in [1.807, 2.05) is 19.1 Å². The van der Waals surface area contributed by atoms with Crippen LogP contribution in [-0.4, -0.2) is 66.6 Å². The molecule has 0 radical (unpaired) electrons. The second-order valence-electron chi connectivity index (χ2n) is 7.29. The van der Waals surface area contributed by atoms with Crippen LogP contribution in [0.4, 0.5) is 19.0 Å². The molecule has 2 aliphatic rings. The molecule has 0 aromatic carbocycles. The van der Waals surface area contributed by atoms with E-state index in [2.05, 4.69) is 34.3 Å². The minimum atomic E-state index is -4.47. The molecule has 0 bridgehead atoms. The fourth-order valence-electron chi connectivity index (χ4n) is 2.79. The molecule has 1 aromatic heterocycles. The lowest BCUT2D eigenvalue weighted by Gasteiger charge is -2.28. The van der Waals surface area contributed by atoms with Gasteiger partial charge in [0.25, 0.3) is 5.91 Å². The van der Waals surface area contributed by atoms with Gasteiger partial charge >= 0.3 is 6.18 Å². The molecule has 0 aliphatic carbocycles. The topological polar surface area (TPSA) is 108 Å². The summed E-state index contributed by atoms with van der Waals surface area (Å²) in [5.74, 6) is -0.0330. The first-order valence-corrected chi connectivity index (χ1v) is 10.6. The second kappa shape index (κ2) is 14.8. The Kier molecular flexibility index (Phi) is 12.5. The van der Waals surface area contributed by atoms with Gasteiger partial charge in [0.1, 0.15) is 11.6 Å². The summed E-state index contributed by atoms with van der Waals surface area (Å²) in [6.07, 6.45) is 5.01. The van der Waals surface area contributed by atoms with Crippen molar-refractivity contribution in [1.82, 2.24) is 20.4 Å². The number of hydrogen-bond donors (Lipinski definition) is 4. The Morgan fingerprint density at radius 1 is 1.44 bits per heavy atom. The van der Waals surface area contributed by atoms with E-state index in [4.69, 9.17) is 10.5 Å². The van der Waals surface area contributed by atoms with Crippen molar-refractivity contribution in [3.8, 4) is 0 Å². The van der Waals surface area contributed by atoms with Crippen molar-refractivity contribution in [2.75, 3.05) is 38.7 Å². The predicted octanol–water partition coefficient (Wildman–Crippen LogP) is 3.25. The number of halogens is 3. The van der Waals surface area contributed by atoms with Crippen LogP contribution in [0.5, 0.6) is 0 Å². The van der Waals surface area contributed by atoms with E-state index < -0.39 is 12.1 Å². The third kappa shape index (κ3) is 11.0. The van der Waals surface area contributed by atoms with Crippen LogP contribution < -0.4 is 16.4 Å². The molecule has 8 nitrogen and oxygen atoms in total. The van der Waals surface area contributed by atoms with E-state index in [0.29, 0.717) is 24.2 Å². The van der Waals surface area contributed by atoms with Crippen molar-refractivity contribution < 1.29 is 22.7 Å². The molecule has 1 aromatic rings. The number of H-pyrrole nitrogens is 1. The summed E-state index contributed by atoms with van der Waals surface area (Å²) in [6, 6.07) is 2.18. The minimum Gasteiger partial charge on any atom is -0.379 e. The number of nitrogens with one attached hydrogen (secondary N) is 3. The number of nitrogens with two attached hydrogens (primary N) is 1. The fraction of sp³-hybridized carbons (Fsp3) is 0.391. The van der Waals surface area contributed by atoms with Gasteiger partial charge < -0.3 is 26.0 Å². The third-order valence-electron chi connectivity index (χ3n) is 4.38. The van der Waals surface area contributed by atoms with Crippen LogP contribution in [0.25, 0.3) is 0 Å². The zero-order valence-corrected chi connectivity index (χ0v) is 19.7. The van der Waals surface area contributed by atoms with Gasteiger partial charge in [-0.2, -0.15) is 18.3 Å². The molecule has 1 unspecified atom stereocenters. The van der Waals surface area contributed by atoms with Crippen LogP contribution in [0.2, 0.25) is 0 Å². The van der Waals surface area contributed by atoms with Gasteiger partial charge in [-0.3, -0.25) is 9.89 Å². The van der Waals surface area contributed by atoms with Crippen molar-refractivity contribution in [1.29, 1.82) is 0 Å². The molecule has 188 valence electrons. The zero-order valence-electron chi connectivity index (χ0n) is 19.7. The fourth-order valence-corrected chi connectivity index (χ4v) is 2.79. The lowest BCUT2D eigenvalue weighted by molar-refractivity contribution is -0.114. The molecule has 5 N–H and O–H groups in total. The van der Waals surface area contributed by atoms with E-state index in [-0.39, 0.29) is 17.2 Å². The number of anilines is 1. The highest BCUT2D eigenvalue weighted by Gasteiger charge is 2.26. The SMILES string of the molecule is C=C/C=C\C.CC1COCCN1.CN1CC=C(/C=C\C(F)(F)F)C(C(N)=O)=C1Nc1ccn[nH]1. The molecular weight excluding hydrogens is 449 g/mol. The molecule has 0 spiro atoms. The van der Waals surface area contributed by atoms with Gasteiger partial charge in [-0.25, -0.2) is 0 Å². The quantitative estimate of drug-likeness (QED) is 0.480. The average molecular weight is 483 g/mol. The molecule has 2 aliphatic heterocycles. The van der Waals surface area contributed by atoms with Gasteiger partial charge in [-0.1, -0.05) is 30.9 Å². The van der Waals surface area contributed by atoms with Crippen LogP contribution in [0.3, 0.4) is 0 Å². The van der Waals surface area contributed by atoms with E-state index in [1.54, 1.807) is 24.1 Å². The molecule has 34 heavy (non-hydrogen) atoms. The number of aromatic amines is 1. The van der Waals surface area contributed by atoms with Crippen molar-refractivity contribution in [2.24, 2.45) is 5.73 Å². The second-order valence-corrected chi connectivity index (χ2v) is 7.29. The Labute approximate surface area is 198 Å². The van der Waals surface area contributed by atoms with E-state index in [1.165, 1.54) is 12.3 Å². The summed E-state index contributed by atoms with van der Waals surface area (Å²) in [6.45, 7) is 10.6. The van der Waals surface area contributed by atoms with Gasteiger partial charge in [0.15, 0.2) is 0 Å². The number of likely N-dealkylation sites (N-methyl/N-ethyl adjacent to an activating group) is 1. The Bertz CT molecular complexity index is 883. The summed E-state index contributed by atoms with van der Waals surface area (Å²) in [7, 11) is 1.68. The van der Waals surface area contributed by atoms with Crippen molar-refractivity contribution in [2.45, 2.75) is 26.1 Å². The molecule has 3 heterocycles. The Hall–Kier alpha value is -3.31. The van der Waals surface area contributed by atoms with Gasteiger partial charge in [0, 0.05) is 38.3 Å². The molecular formula is C23H33F3N6O2. The summed E-state index contributed by atoms with van der Waals surface area (Å²) < 4.78 is 42.1. The van der Waals surface area contributed by atoms with Crippen LogP contribution in [-0.2, 0) is 9.53 Å². The molecule has 3 rings (SSSR count). The van der Waals surface area contributed by atoms with Gasteiger partial charge in [0.2, 0.25) is 0 Å². The number of rotatable bonds is 5. The number of hydrogen-bond acceptors (Lipinski definition) is 6. The normalized spacial score (nSPS) is 18.6. The Morgan fingerprint density at radius 3 is 2.59 bits per heavy atom. The maximum Gasteiger partial charge on any atom is 0.409 e. The van der Waals surface area contributed by atoms with E-state index in [9.17, 15) is 18.0 Å². The minimum absolute atomic E-state index is 0.0242. The number of alkyl halides is 3. The summed E-state index contributed by atoms with van der Waals surface area (Å²) in [5, 5.41) is 12.5. The first-order chi connectivity index (χ1) is 16.1. The number of morpholine rings is 1. The van der Waals surface area contributed by atoms with Gasteiger partial charge in [-0.15, -0.1) is 0 Å². The first kappa shape index (κ1) is 28.7. The summed E-state index contributed by atoms with van der Waals surface area (Å²) in [4.78, 5) is 13.3. The number of aromatic nitrogens is 2. The smallest absolute Gasteiger partial charge is 0.379 e. The highest BCUT2D eigenvalue weighted by Crippen LogP contribution is 2.26. The molecule has 11 heteroatoms. The first-order valence-electron chi connectivity index (χ1n) is 10.6. The lowest BCUT2D eigenvalue weighted by atomic mass is 10.0. The van der Waals surface area contributed by atoms with Crippen molar-refractivity contribution in [3.05, 3.63) is 72.3 Å². The van der Waals surface area contributed by atoms with Crippen LogP contribution in [0, 0.1) is 0 Å². The average Bonchev–Trinajstić information content (AvgIpc) is 3.28. The molecule has 1 fully saturated rings.